The molecule has 0 aliphatic carbocycles. The summed E-state index contributed by atoms with van der Waals surface area (Å²) < 4.78 is 11.2. The number of aryl methyl sites for hydroxylation is 3. The average Bonchev–Trinajstić information content (AvgIpc) is 3.31. The monoisotopic (exact) mass is 356 g/mol. The number of aromatic nitrogens is 6. The van der Waals surface area contributed by atoms with Gasteiger partial charge in [-0.25, -0.2) is 0 Å². The molecule has 138 valence electrons. The Balaban J connectivity index is 1.70. The van der Waals surface area contributed by atoms with Crippen molar-refractivity contribution in [1.29, 1.82) is 0 Å². The maximum atomic E-state index is 5.66. The zero-order valence-corrected chi connectivity index (χ0v) is 15.6. The Bertz CT molecular complexity index is 855. The van der Waals surface area contributed by atoms with Crippen LogP contribution in [0.25, 0.3) is 11.4 Å². The Labute approximate surface area is 152 Å². The van der Waals surface area contributed by atoms with Crippen LogP contribution in [0.3, 0.4) is 0 Å². The molecule has 0 aliphatic rings. The summed E-state index contributed by atoms with van der Waals surface area (Å²) >= 11 is 0. The fourth-order valence-corrected chi connectivity index (χ4v) is 2.64. The van der Waals surface area contributed by atoms with Gasteiger partial charge in [0.2, 0.25) is 17.6 Å². The van der Waals surface area contributed by atoms with Gasteiger partial charge in [0, 0.05) is 17.9 Å². The molecule has 8 heteroatoms. The molecule has 0 N–H and O–H groups in total. The predicted octanol–water partition coefficient (Wildman–Crippen LogP) is 3.05. The second-order valence-corrected chi connectivity index (χ2v) is 6.37. The molecule has 2 heterocycles. The lowest BCUT2D eigenvalue weighted by Gasteiger charge is -2.09. The molecule has 3 rings (SSSR count). The van der Waals surface area contributed by atoms with E-state index in [1.165, 1.54) is 0 Å². The third-order valence-electron chi connectivity index (χ3n) is 4.09. The van der Waals surface area contributed by atoms with E-state index in [9.17, 15) is 0 Å². The lowest BCUT2D eigenvalue weighted by Crippen LogP contribution is -1.98. The van der Waals surface area contributed by atoms with E-state index in [0.717, 1.165) is 36.1 Å². The minimum atomic E-state index is 0.247. The second-order valence-electron chi connectivity index (χ2n) is 6.37. The molecular weight excluding hydrogens is 332 g/mol. The standard InChI is InChI=1S/C18H24N6O2/c1-5-24-22-17(20-23-24)14-9-10-15(25-4)13(11-14)7-6-8-16-19-21-18(26-16)12(2)3/h9-12H,5-8H2,1-4H3. The normalized spacial score (nSPS) is 11.3. The fourth-order valence-electron chi connectivity index (χ4n) is 2.64. The maximum Gasteiger partial charge on any atom is 0.219 e. The predicted molar refractivity (Wildman–Crippen MR) is 95.9 cm³/mol. The van der Waals surface area contributed by atoms with Crippen LogP contribution in [0.1, 0.15) is 50.5 Å². The van der Waals surface area contributed by atoms with E-state index >= 15 is 0 Å². The number of tetrazole rings is 1. The molecule has 26 heavy (non-hydrogen) atoms. The van der Waals surface area contributed by atoms with Crippen LogP contribution in [0, 0.1) is 0 Å². The first-order chi connectivity index (χ1) is 12.6. The number of nitrogens with zero attached hydrogens (tertiary/aromatic N) is 6. The molecular formula is C18H24N6O2. The van der Waals surface area contributed by atoms with Crippen molar-refractivity contribution in [3.05, 3.63) is 35.5 Å². The van der Waals surface area contributed by atoms with Crippen molar-refractivity contribution in [3.8, 4) is 17.1 Å². The topological polar surface area (TPSA) is 91.8 Å². The highest BCUT2D eigenvalue weighted by Crippen LogP contribution is 2.26. The van der Waals surface area contributed by atoms with Crippen LogP contribution in [0.2, 0.25) is 0 Å². The van der Waals surface area contributed by atoms with E-state index in [-0.39, 0.29) is 5.92 Å². The quantitative estimate of drug-likeness (QED) is 0.612. The third-order valence-corrected chi connectivity index (χ3v) is 4.09. The van der Waals surface area contributed by atoms with Gasteiger partial charge in [-0.3, -0.25) is 0 Å². The van der Waals surface area contributed by atoms with Gasteiger partial charge >= 0.3 is 0 Å². The Kier molecular flexibility index (Phi) is 5.60. The molecule has 0 spiro atoms. The second kappa shape index (κ2) is 8.07. The Morgan fingerprint density at radius 3 is 2.65 bits per heavy atom. The van der Waals surface area contributed by atoms with Gasteiger partial charge in [-0.15, -0.1) is 20.4 Å². The van der Waals surface area contributed by atoms with Crippen molar-refractivity contribution in [3.63, 3.8) is 0 Å². The van der Waals surface area contributed by atoms with Crippen LogP contribution < -0.4 is 4.74 Å². The van der Waals surface area contributed by atoms with E-state index in [1.54, 1.807) is 11.9 Å². The lowest BCUT2D eigenvalue weighted by atomic mass is 10.0. The Hall–Kier alpha value is -2.77. The van der Waals surface area contributed by atoms with E-state index in [2.05, 4.69) is 31.7 Å². The zero-order chi connectivity index (χ0) is 18.5. The van der Waals surface area contributed by atoms with Crippen LogP contribution in [0.4, 0.5) is 0 Å². The summed E-state index contributed by atoms with van der Waals surface area (Å²) in [7, 11) is 1.68. The largest absolute Gasteiger partial charge is 0.496 e. The zero-order valence-electron chi connectivity index (χ0n) is 15.6. The number of ether oxygens (including phenoxy) is 1. The van der Waals surface area contributed by atoms with Crippen LogP contribution in [0.5, 0.6) is 5.75 Å². The molecule has 0 radical (unpaired) electrons. The van der Waals surface area contributed by atoms with Crippen molar-refractivity contribution in [1.82, 2.24) is 30.4 Å². The van der Waals surface area contributed by atoms with Gasteiger partial charge < -0.3 is 9.15 Å². The van der Waals surface area contributed by atoms with Crippen molar-refractivity contribution >= 4 is 0 Å². The summed E-state index contributed by atoms with van der Waals surface area (Å²) in [5.74, 6) is 3.08. The van der Waals surface area contributed by atoms with Crippen LogP contribution in [0.15, 0.2) is 22.6 Å². The third kappa shape index (κ3) is 4.07. The van der Waals surface area contributed by atoms with Gasteiger partial charge in [0.25, 0.3) is 0 Å². The summed E-state index contributed by atoms with van der Waals surface area (Å²) in [4.78, 5) is 1.57. The highest BCUT2D eigenvalue weighted by molar-refractivity contribution is 5.58. The lowest BCUT2D eigenvalue weighted by molar-refractivity contribution is 0.407. The highest BCUT2D eigenvalue weighted by Gasteiger charge is 2.12. The highest BCUT2D eigenvalue weighted by atomic mass is 16.5. The van der Waals surface area contributed by atoms with Crippen molar-refractivity contribution in [2.45, 2.75) is 52.5 Å². The summed E-state index contributed by atoms with van der Waals surface area (Å²) in [6.45, 7) is 6.75. The molecule has 1 aromatic carbocycles. The summed E-state index contributed by atoms with van der Waals surface area (Å²) in [5.41, 5.74) is 2.03. The first-order valence-corrected chi connectivity index (χ1v) is 8.88. The molecule has 8 nitrogen and oxygen atoms in total. The molecule has 0 saturated carbocycles. The average molecular weight is 356 g/mol. The molecule has 0 fully saturated rings. The molecule has 0 unspecified atom stereocenters. The smallest absolute Gasteiger partial charge is 0.219 e. The van der Waals surface area contributed by atoms with Gasteiger partial charge in [0.05, 0.1) is 13.7 Å². The first-order valence-electron chi connectivity index (χ1n) is 8.88. The minimum Gasteiger partial charge on any atom is -0.496 e. The molecule has 0 amide bonds. The van der Waals surface area contributed by atoms with E-state index < -0.39 is 0 Å². The van der Waals surface area contributed by atoms with E-state index in [1.807, 2.05) is 32.9 Å². The van der Waals surface area contributed by atoms with E-state index in [4.69, 9.17) is 9.15 Å². The number of hydrogen-bond acceptors (Lipinski definition) is 7. The molecule has 0 atom stereocenters. The summed E-state index contributed by atoms with van der Waals surface area (Å²) in [6, 6.07) is 5.95. The van der Waals surface area contributed by atoms with Crippen molar-refractivity contribution in [2.24, 2.45) is 0 Å². The number of rotatable bonds is 8. The van der Waals surface area contributed by atoms with Crippen LogP contribution in [-0.2, 0) is 19.4 Å². The molecule has 0 aliphatic heterocycles. The van der Waals surface area contributed by atoms with Crippen molar-refractivity contribution in [2.75, 3.05) is 7.11 Å². The molecule has 2 aromatic heterocycles. The van der Waals surface area contributed by atoms with Crippen LogP contribution >= 0.6 is 0 Å². The number of methoxy groups -OCH3 is 1. The Morgan fingerprint density at radius 1 is 1.15 bits per heavy atom. The van der Waals surface area contributed by atoms with Gasteiger partial charge in [-0.05, 0) is 48.7 Å². The van der Waals surface area contributed by atoms with E-state index in [0.29, 0.717) is 24.2 Å². The molecule has 3 aromatic rings. The fraction of sp³-hybridized carbons (Fsp3) is 0.500. The van der Waals surface area contributed by atoms with Gasteiger partial charge in [0.1, 0.15) is 5.75 Å². The maximum absolute atomic E-state index is 5.66. The summed E-state index contributed by atoms with van der Waals surface area (Å²) in [6.07, 6.45) is 2.45. The number of benzene rings is 1. The Morgan fingerprint density at radius 2 is 2.00 bits per heavy atom. The minimum absolute atomic E-state index is 0.247. The first kappa shape index (κ1) is 18.0. The number of hydrogen-bond donors (Lipinski definition) is 0. The molecule has 0 bridgehead atoms. The molecule has 0 saturated heterocycles. The van der Waals surface area contributed by atoms with Gasteiger partial charge in [0.15, 0.2) is 0 Å². The van der Waals surface area contributed by atoms with Crippen LogP contribution in [-0.4, -0.2) is 37.5 Å². The SMILES string of the molecule is CCn1nnc(-c2ccc(OC)c(CCCc3nnc(C(C)C)o3)c2)n1. The summed E-state index contributed by atoms with van der Waals surface area (Å²) in [5, 5.41) is 20.7. The van der Waals surface area contributed by atoms with Gasteiger partial charge in [-0.1, -0.05) is 13.8 Å². The van der Waals surface area contributed by atoms with Crippen molar-refractivity contribution < 1.29 is 9.15 Å². The van der Waals surface area contributed by atoms with Gasteiger partial charge in [-0.2, -0.15) is 4.80 Å².